The van der Waals surface area contributed by atoms with Gasteiger partial charge in [-0.15, -0.1) is 0 Å². The van der Waals surface area contributed by atoms with Gasteiger partial charge >= 0.3 is 5.97 Å². The third-order valence-corrected chi connectivity index (χ3v) is 7.70. The Morgan fingerprint density at radius 2 is 1.86 bits per heavy atom. The fourth-order valence-electron chi connectivity index (χ4n) is 5.47. The Hall–Kier alpha value is -3.65. The number of rotatable bonds is 6. The van der Waals surface area contributed by atoms with Gasteiger partial charge in [0.2, 0.25) is 5.91 Å². The standard InChI is InChI=1S/C30H27Cl2F3N4O3/c1-29(2,3)12-22-30(14-36,26-20(34)11-16(31)13-37-26)23(17-6-5-7-18(32)24(17)35)25(39-22)27(40)38-21-9-8-15(10-19(21)33)28(41)42-4/h5-11,13,22-23,25,39H,12H2,1-4H3,(H,38,40)/t22-,23-,25+,30-/m0/s1. The fourth-order valence-corrected chi connectivity index (χ4v) is 5.80. The molecule has 1 saturated heterocycles. The number of halogens is 5. The third-order valence-electron chi connectivity index (χ3n) is 7.20. The topological polar surface area (TPSA) is 104 Å². The number of carbonyl (C=O) groups is 2. The summed E-state index contributed by atoms with van der Waals surface area (Å²) in [6.45, 7) is 5.68. The Balaban J connectivity index is 1.92. The zero-order chi connectivity index (χ0) is 31.0. The van der Waals surface area contributed by atoms with Gasteiger partial charge in [0.15, 0.2) is 0 Å². The molecule has 0 radical (unpaired) electrons. The number of nitrogens with zero attached hydrogens (tertiary/aromatic N) is 2. The van der Waals surface area contributed by atoms with Crippen molar-refractivity contribution in [1.82, 2.24) is 10.3 Å². The highest BCUT2D eigenvalue weighted by Crippen LogP contribution is 2.52. The summed E-state index contributed by atoms with van der Waals surface area (Å²) in [5.41, 5.74) is -3.22. The molecule has 0 aliphatic carbocycles. The summed E-state index contributed by atoms with van der Waals surface area (Å²) in [4.78, 5) is 29.8. The molecule has 2 N–H and O–H groups in total. The van der Waals surface area contributed by atoms with Gasteiger partial charge in [-0.25, -0.2) is 18.0 Å². The van der Waals surface area contributed by atoms with Crippen LogP contribution < -0.4 is 10.6 Å². The first-order valence-electron chi connectivity index (χ1n) is 12.8. The third kappa shape index (κ3) is 5.82. The van der Waals surface area contributed by atoms with Crippen LogP contribution in [0.1, 0.15) is 54.7 Å². The van der Waals surface area contributed by atoms with E-state index in [1.54, 1.807) is 0 Å². The van der Waals surface area contributed by atoms with Gasteiger partial charge in [-0.2, -0.15) is 5.26 Å². The first kappa shape index (κ1) is 31.3. The summed E-state index contributed by atoms with van der Waals surface area (Å²) >= 11 is 12.1. The van der Waals surface area contributed by atoms with E-state index in [0.29, 0.717) is 0 Å². The molecule has 1 amide bonds. The second kappa shape index (κ2) is 11.9. The van der Waals surface area contributed by atoms with Crippen LogP contribution in [0.2, 0.25) is 10.0 Å². The van der Waals surface area contributed by atoms with Crippen LogP contribution >= 0.6 is 23.2 Å². The molecular weight excluding hydrogens is 592 g/mol. The maximum Gasteiger partial charge on any atom is 0.337 e. The van der Waals surface area contributed by atoms with Gasteiger partial charge in [0.25, 0.3) is 0 Å². The van der Waals surface area contributed by atoms with Crippen molar-refractivity contribution in [3.05, 3.63) is 93.0 Å². The first-order valence-corrected chi connectivity index (χ1v) is 13.6. The van der Waals surface area contributed by atoms with E-state index < -0.39 is 58.2 Å². The average molecular weight is 619 g/mol. The molecule has 1 aliphatic heterocycles. The van der Waals surface area contributed by atoms with E-state index in [1.807, 2.05) is 20.8 Å². The van der Waals surface area contributed by atoms with Crippen molar-refractivity contribution in [3.63, 3.8) is 0 Å². The number of pyridine rings is 1. The monoisotopic (exact) mass is 618 g/mol. The summed E-state index contributed by atoms with van der Waals surface area (Å²) in [7, 11) is 1.14. The highest BCUT2D eigenvalue weighted by Gasteiger charge is 2.62. The minimum Gasteiger partial charge on any atom is -0.465 e. The van der Waals surface area contributed by atoms with Crippen molar-refractivity contribution >= 4 is 40.8 Å². The van der Waals surface area contributed by atoms with Crippen molar-refractivity contribution in [2.24, 2.45) is 5.41 Å². The Bertz CT molecular complexity index is 1590. The van der Waals surface area contributed by atoms with E-state index in [4.69, 9.17) is 23.2 Å². The molecule has 4 rings (SSSR count). The number of nitrogens with one attached hydrogen (secondary N) is 2. The van der Waals surface area contributed by atoms with Crippen LogP contribution in [0.4, 0.5) is 18.9 Å². The quantitative estimate of drug-likeness (QED) is 0.303. The molecule has 3 aromatic rings. The van der Waals surface area contributed by atoms with E-state index in [1.165, 1.54) is 36.5 Å². The maximum atomic E-state index is 15.7. The maximum absolute atomic E-state index is 15.7. The van der Waals surface area contributed by atoms with Crippen LogP contribution in [0.15, 0.2) is 48.7 Å². The van der Waals surface area contributed by atoms with E-state index >= 15 is 8.78 Å². The lowest BCUT2D eigenvalue weighted by Gasteiger charge is -2.36. The molecule has 0 bridgehead atoms. The zero-order valence-electron chi connectivity index (χ0n) is 23.1. The SMILES string of the molecule is COC(=O)c1ccc(NC(=O)[C@@H]2N[C@@H](CC(C)(C)C)[C@](C#N)(c3ncc(Cl)cc3F)[C@H]2c2cccc(Cl)c2F)c(F)c1. The normalized spacial score (nSPS) is 22.0. The number of ether oxygens (including phenoxy) is 1. The molecule has 0 saturated carbocycles. The summed E-state index contributed by atoms with van der Waals surface area (Å²) in [5.74, 6) is -5.74. The zero-order valence-corrected chi connectivity index (χ0v) is 24.6. The van der Waals surface area contributed by atoms with Gasteiger partial charge in [-0.3, -0.25) is 9.78 Å². The first-order chi connectivity index (χ1) is 19.7. The summed E-state index contributed by atoms with van der Waals surface area (Å²) in [5, 5.41) is 16.1. The molecule has 0 unspecified atom stereocenters. The molecule has 1 aromatic heterocycles. The number of amides is 1. The van der Waals surface area contributed by atoms with E-state index in [2.05, 4.69) is 26.4 Å². The van der Waals surface area contributed by atoms with Gasteiger partial charge in [0, 0.05) is 18.2 Å². The number of benzene rings is 2. The predicted molar refractivity (Wildman–Crippen MR) is 152 cm³/mol. The number of aromatic nitrogens is 1. The average Bonchev–Trinajstić information content (AvgIpc) is 3.23. The predicted octanol–water partition coefficient (Wildman–Crippen LogP) is 6.55. The summed E-state index contributed by atoms with van der Waals surface area (Å²) < 4.78 is 50.9. The van der Waals surface area contributed by atoms with Crippen molar-refractivity contribution in [1.29, 1.82) is 5.26 Å². The number of methoxy groups -OCH3 is 1. The van der Waals surface area contributed by atoms with Gasteiger partial charge in [0.05, 0.1) is 46.2 Å². The number of nitriles is 1. The number of hydrogen-bond donors (Lipinski definition) is 2. The van der Waals surface area contributed by atoms with Crippen LogP contribution in [0, 0.1) is 34.2 Å². The van der Waals surface area contributed by atoms with Crippen LogP contribution in [-0.2, 0) is 14.9 Å². The van der Waals surface area contributed by atoms with Gasteiger partial charge in [-0.1, -0.05) is 56.1 Å². The Labute approximate surface area is 251 Å². The molecule has 4 atom stereocenters. The largest absolute Gasteiger partial charge is 0.465 e. The van der Waals surface area contributed by atoms with E-state index in [-0.39, 0.29) is 39.0 Å². The molecule has 7 nitrogen and oxygen atoms in total. The second-order valence-corrected chi connectivity index (χ2v) is 12.1. The lowest BCUT2D eigenvalue weighted by atomic mass is 9.64. The minimum atomic E-state index is -1.94. The van der Waals surface area contributed by atoms with Gasteiger partial charge < -0.3 is 15.4 Å². The summed E-state index contributed by atoms with van der Waals surface area (Å²) in [6, 6.07) is 8.30. The van der Waals surface area contributed by atoms with Crippen LogP contribution in [0.5, 0.6) is 0 Å². The second-order valence-electron chi connectivity index (χ2n) is 11.2. The Kier molecular flexibility index (Phi) is 8.88. The Morgan fingerprint density at radius 3 is 2.45 bits per heavy atom. The Morgan fingerprint density at radius 1 is 1.14 bits per heavy atom. The fraction of sp³-hybridized carbons (Fsp3) is 0.333. The number of anilines is 1. The molecule has 2 heterocycles. The number of carbonyl (C=O) groups excluding carboxylic acids is 2. The van der Waals surface area contributed by atoms with Crippen LogP contribution in [0.25, 0.3) is 0 Å². The highest BCUT2D eigenvalue weighted by molar-refractivity contribution is 6.31. The smallest absolute Gasteiger partial charge is 0.337 e. The molecule has 2 aromatic carbocycles. The lowest BCUT2D eigenvalue weighted by molar-refractivity contribution is -0.118. The number of esters is 1. The van der Waals surface area contributed by atoms with Crippen LogP contribution in [0.3, 0.4) is 0 Å². The molecular formula is C30H27Cl2F3N4O3. The lowest BCUT2D eigenvalue weighted by Crippen LogP contribution is -2.45. The summed E-state index contributed by atoms with van der Waals surface area (Å²) in [6.07, 6.45) is 1.40. The van der Waals surface area contributed by atoms with Gasteiger partial charge in [-0.05, 0) is 47.7 Å². The molecule has 0 spiro atoms. The molecule has 42 heavy (non-hydrogen) atoms. The van der Waals surface area contributed by atoms with Crippen molar-refractivity contribution < 1.29 is 27.5 Å². The number of hydrogen-bond acceptors (Lipinski definition) is 6. The van der Waals surface area contributed by atoms with E-state index in [0.717, 1.165) is 19.2 Å². The molecule has 1 aliphatic rings. The molecule has 12 heteroatoms. The van der Waals surface area contributed by atoms with Crippen molar-refractivity contribution in [2.45, 2.75) is 50.6 Å². The highest BCUT2D eigenvalue weighted by atomic mass is 35.5. The molecule has 1 fully saturated rings. The van der Waals surface area contributed by atoms with Crippen LogP contribution in [-0.4, -0.2) is 36.1 Å². The van der Waals surface area contributed by atoms with Gasteiger partial charge in [0.1, 0.15) is 22.9 Å². The molecule has 220 valence electrons. The van der Waals surface area contributed by atoms with Crippen molar-refractivity contribution in [2.75, 3.05) is 12.4 Å². The minimum absolute atomic E-state index is 0.0201. The van der Waals surface area contributed by atoms with Crippen molar-refractivity contribution in [3.8, 4) is 6.07 Å². The van der Waals surface area contributed by atoms with E-state index in [9.17, 15) is 19.2 Å².